The van der Waals surface area contributed by atoms with Gasteiger partial charge in [-0.15, -0.1) is 0 Å². The highest BCUT2D eigenvalue weighted by Gasteiger charge is 2.23. The summed E-state index contributed by atoms with van der Waals surface area (Å²) in [5.41, 5.74) is 0.831. The molecule has 0 radical (unpaired) electrons. The van der Waals surface area contributed by atoms with E-state index in [4.69, 9.17) is 5.26 Å². The van der Waals surface area contributed by atoms with Crippen LogP contribution in [0.15, 0.2) is 41.5 Å². The lowest BCUT2D eigenvalue weighted by Gasteiger charge is -2.22. The molecule has 0 heterocycles. The second kappa shape index (κ2) is 6.51. The molecule has 102 valence electrons. The van der Waals surface area contributed by atoms with E-state index in [9.17, 15) is 10.2 Å². The summed E-state index contributed by atoms with van der Waals surface area (Å²) in [6.45, 7) is 4.91. The first-order valence-corrected chi connectivity index (χ1v) is 6.42. The number of aliphatic hydroxyl groups excluding tert-OH is 1. The minimum absolute atomic E-state index is 0.267. The predicted octanol–water partition coefficient (Wildman–Crippen LogP) is 2.59. The Bertz CT molecular complexity index is 478. The molecule has 1 aromatic rings. The van der Waals surface area contributed by atoms with E-state index in [1.807, 2.05) is 36.4 Å². The lowest BCUT2D eigenvalue weighted by Crippen LogP contribution is -2.25. The SMILES string of the molecule is C/C(=C(\C#N)C(O)CCc1ccccc1)C(C)(C)O. The summed E-state index contributed by atoms with van der Waals surface area (Å²) in [6, 6.07) is 11.8. The number of aliphatic hydroxyl groups is 2. The molecule has 1 atom stereocenters. The van der Waals surface area contributed by atoms with Crippen LogP contribution in [0.4, 0.5) is 0 Å². The third-order valence-corrected chi connectivity index (χ3v) is 3.32. The van der Waals surface area contributed by atoms with Gasteiger partial charge in [-0.2, -0.15) is 5.26 Å². The summed E-state index contributed by atoms with van der Waals surface area (Å²) in [4.78, 5) is 0. The summed E-state index contributed by atoms with van der Waals surface area (Å²) in [5, 5.41) is 29.2. The molecule has 0 aliphatic carbocycles. The van der Waals surface area contributed by atoms with E-state index in [1.165, 1.54) is 0 Å². The molecule has 0 bridgehead atoms. The minimum Gasteiger partial charge on any atom is -0.388 e. The molecule has 1 rings (SSSR count). The second-order valence-electron chi connectivity index (χ2n) is 5.25. The predicted molar refractivity (Wildman–Crippen MR) is 75.4 cm³/mol. The first-order chi connectivity index (χ1) is 8.86. The summed E-state index contributed by atoms with van der Waals surface area (Å²) >= 11 is 0. The minimum atomic E-state index is -1.08. The fourth-order valence-electron chi connectivity index (χ4n) is 1.83. The Balaban J connectivity index is 2.77. The maximum atomic E-state index is 10.1. The molecule has 0 spiro atoms. The van der Waals surface area contributed by atoms with E-state index in [2.05, 4.69) is 0 Å². The van der Waals surface area contributed by atoms with Gasteiger partial charge < -0.3 is 10.2 Å². The van der Waals surface area contributed by atoms with Crippen LogP contribution in [0.25, 0.3) is 0 Å². The molecule has 0 amide bonds. The molecule has 3 heteroatoms. The largest absolute Gasteiger partial charge is 0.388 e. The fourth-order valence-corrected chi connectivity index (χ4v) is 1.83. The van der Waals surface area contributed by atoms with Crippen LogP contribution in [0, 0.1) is 11.3 Å². The Morgan fingerprint density at radius 2 is 1.89 bits per heavy atom. The van der Waals surface area contributed by atoms with Gasteiger partial charge in [0, 0.05) is 0 Å². The first kappa shape index (κ1) is 15.4. The highest BCUT2D eigenvalue weighted by atomic mass is 16.3. The number of hydrogen-bond donors (Lipinski definition) is 2. The number of rotatable bonds is 5. The molecule has 1 aromatic carbocycles. The lowest BCUT2D eigenvalue weighted by molar-refractivity contribution is 0.114. The van der Waals surface area contributed by atoms with Crippen molar-refractivity contribution in [2.24, 2.45) is 0 Å². The van der Waals surface area contributed by atoms with Gasteiger partial charge in [-0.3, -0.25) is 0 Å². The molecular formula is C16H21NO2. The maximum Gasteiger partial charge on any atom is 0.0975 e. The quantitative estimate of drug-likeness (QED) is 0.799. The summed E-state index contributed by atoms with van der Waals surface area (Å²) in [6.07, 6.45) is 0.337. The number of aryl methyl sites for hydroxylation is 1. The number of hydrogen-bond acceptors (Lipinski definition) is 3. The van der Waals surface area contributed by atoms with Crippen LogP contribution in [0.5, 0.6) is 0 Å². The van der Waals surface area contributed by atoms with E-state index in [-0.39, 0.29) is 5.57 Å². The molecular weight excluding hydrogens is 238 g/mol. The molecule has 0 aliphatic rings. The van der Waals surface area contributed by atoms with Gasteiger partial charge in [0.25, 0.3) is 0 Å². The van der Waals surface area contributed by atoms with Crippen LogP contribution in [0.2, 0.25) is 0 Å². The Morgan fingerprint density at radius 1 is 1.32 bits per heavy atom. The van der Waals surface area contributed by atoms with Crippen LogP contribution < -0.4 is 0 Å². The van der Waals surface area contributed by atoms with E-state index < -0.39 is 11.7 Å². The van der Waals surface area contributed by atoms with E-state index in [0.29, 0.717) is 18.4 Å². The van der Waals surface area contributed by atoms with Crippen molar-refractivity contribution in [1.29, 1.82) is 5.26 Å². The van der Waals surface area contributed by atoms with Gasteiger partial charge >= 0.3 is 0 Å². The summed E-state index contributed by atoms with van der Waals surface area (Å²) < 4.78 is 0. The van der Waals surface area contributed by atoms with Gasteiger partial charge in [0.05, 0.1) is 23.3 Å². The molecule has 2 N–H and O–H groups in total. The van der Waals surface area contributed by atoms with Crippen molar-refractivity contribution in [3.63, 3.8) is 0 Å². The van der Waals surface area contributed by atoms with Crippen LogP contribution in [-0.4, -0.2) is 21.9 Å². The molecule has 0 aliphatic heterocycles. The highest BCUT2D eigenvalue weighted by molar-refractivity contribution is 5.34. The molecule has 0 aromatic heterocycles. The Hall–Kier alpha value is -1.63. The monoisotopic (exact) mass is 259 g/mol. The standard InChI is InChI=1S/C16H21NO2/c1-12(16(2,3)19)14(11-17)15(18)10-9-13-7-5-4-6-8-13/h4-8,15,18-19H,9-10H2,1-3H3/b14-12-. The summed E-state index contributed by atoms with van der Waals surface area (Å²) in [7, 11) is 0. The number of nitrogens with zero attached hydrogens (tertiary/aromatic N) is 1. The highest BCUT2D eigenvalue weighted by Crippen LogP contribution is 2.22. The normalized spacial score (nSPS) is 14.5. The van der Waals surface area contributed by atoms with Gasteiger partial charge in [-0.25, -0.2) is 0 Å². The Morgan fingerprint density at radius 3 is 2.37 bits per heavy atom. The topological polar surface area (TPSA) is 64.2 Å². The number of nitriles is 1. The van der Waals surface area contributed by atoms with Gasteiger partial charge in [0.15, 0.2) is 0 Å². The molecule has 1 unspecified atom stereocenters. The second-order valence-corrected chi connectivity index (χ2v) is 5.25. The van der Waals surface area contributed by atoms with Crippen molar-refractivity contribution in [2.75, 3.05) is 0 Å². The van der Waals surface area contributed by atoms with Crippen molar-refractivity contribution in [3.05, 3.63) is 47.0 Å². The van der Waals surface area contributed by atoms with Gasteiger partial charge in [0.2, 0.25) is 0 Å². The lowest BCUT2D eigenvalue weighted by atomic mass is 9.90. The average molecular weight is 259 g/mol. The first-order valence-electron chi connectivity index (χ1n) is 6.42. The molecule has 0 saturated carbocycles. The van der Waals surface area contributed by atoms with Crippen molar-refractivity contribution in [3.8, 4) is 6.07 Å². The smallest absolute Gasteiger partial charge is 0.0975 e. The zero-order valence-electron chi connectivity index (χ0n) is 11.7. The average Bonchev–Trinajstić information content (AvgIpc) is 2.37. The summed E-state index contributed by atoms with van der Waals surface area (Å²) in [5.74, 6) is 0. The van der Waals surface area contributed by atoms with Crippen LogP contribution in [-0.2, 0) is 6.42 Å². The van der Waals surface area contributed by atoms with Gasteiger partial charge in [-0.1, -0.05) is 30.3 Å². The van der Waals surface area contributed by atoms with Crippen molar-refractivity contribution in [1.82, 2.24) is 0 Å². The van der Waals surface area contributed by atoms with E-state index in [0.717, 1.165) is 5.56 Å². The zero-order chi connectivity index (χ0) is 14.5. The number of benzene rings is 1. The molecule has 0 fully saturated rings. The zero-order valence-corrected chi connectivity index (χ0v) is 11.7. The van der Waals surface area contributed by atoms with E-state index in [1.54, 1.807) is 20.8 Å². The molecule has 3 nitrogen and oxygen atoms in total. The van der Waals surface area contributed by atoms with Crippen LogP contribution >= 0.6 is 0 Å². The van der Waals surface area contributed by atoms with Crippen LogP contribution in [0.3, 0.4) is 0 Å². The maximum absolute atomic E-state index is 10.1. The van der Waals surface area contributed by atoms with Crippen molar-refractivity contribution >= 4 is 0 Å². The van der Waals surface area contributed by atoms with E-state index >= 15 is 0 Å². The third kappa shape index (κ3) is 4.51. The molecule has 0 saturated heterocycles. The van der Waals surface area contributed by atoms with Gasteiger partial charge in [0.1, 0.15) is 0 Å². The Kier molecular flexibility index (Phi) is 5.29. The molecule has 19 heavy (non-hydrogen) atoms. The van der Waals surface area contributed by atoms with Crippen molar-refractivity contribution in [2.45, 2.75) is 45.3 Å². The van der Waals surface area contributed by atoms with Crippen LogP contribution in [0.1, 0.15) is 32.8 Å². The van der Waals surface area contributed by atoms with Gasteiger partial charge in [-0.05, 0) is 44.7 Å². The Labute approximate surface area is 114 Å². The third-order valence-electron chi connectivity index (χ3n) is 3.32. The fraction of sp³-hybridized carbons (Fsp3) is 0.438. The van der Waals surface area contributed by atoms with Crippen molar-refractivity contribution < 1.29 is 10.2 Å².